The number of H-pyrrole nitrogens is 1. The zero-order valence-electron chi connectivity index (χ0n) is 18.1. The van der Waals surface area contributed by atoms with Crippen molar-refractivity contribution in [3.63, 3.8) is 0 Å². The van der Waals surface area contributed by atoms with Gasteiger partial charge < -0.3 is 15.4 Å². The Balaban J connectivity index is 1.59. The Kier molecular flexibility index (Phi) is 6.99. The number of halogens is 1. The van der Waals surface area contributed by atoms with Gasteiger partial charge in [0.15, 0.2) is 11.7 Å². The first kappa shape index (κ1) is 22.6. The number of likely N-dealkylation sites (N-methyl/N-ethyl adjacent to an activating group) is 1. The molecule has 0 aromatic carbocycles. The lowest BCUT2D eigenvalue weighted by atomic mass is 9.82. The lowest BCUT2D eigenvalue weighted by molar-refractivity contribution is -0.135. The first-order valence-corrected chi connectivity index (χ1v) is 11.6. The average Bonchev–Trinajstić information content (AvgIpc) is 3.38. The fourth-order valence-corrected chi connectivity index (χ4v) is 5.30. The summed E-state index contributed by atoms with van der Waals surface area (Å²) >= 11 is 2.36. The van der Waals surface area contributed by atoms with Gasteiger partial charge in [0, 0.05) is 47.6 Å². The standard InChI is InChI=1S/C22H26IN7O2/c1-30(5-6-32-2)22(31)13-3-4-16-14(7-13)8-17(23)20(16)21(26-12-24)28-19-9-15-10-27-29-18(15)11-25-19/h9-13H,3-8H2,1-2H3,(H,27,29)(H2,24,25,26,28)/t13-/m0/s1. The number of allylic oxidation sites excluding steroid dienone is 2. The van der Waals surface area contributed by atoms with E-state index in [1.54, 1.807) is 24.4 Å². The van der Waals surface area contributed by atoms with Crippen LogP contribution in [0.15, 0.2) is 48.7 Å². The van der Waals surface area contributed by atoms with E-state index in [0.717, 1.165) is 42.2 Å². The van der Waals surface area contributed by atoms with Crippen LogP contribution in [0.4, 0.5) is 5.82 Å². The zero-order chi connectivity index (χ0) is 22.7. The summed E-state index contributed by atoms with van der Waals surface area (Å²) in [6, 6.07) is 1.87. The number of aliphatic imine (C=N–C) groups is 2. The van der Waals surface area contributed by atoms with Crippen molar-refractivity contribution in [3.05, 3.63) is 38.8 Å². The predicted molar refractivity (Wildman–Crippen MR) is 133 cm³/mol. The molecule has 0 radical (unpaired) electrons. The highest BCUT2D eigenvalue weighted by atomic mass is 127. The maximum Gasteiger partial charge on any atom is 0.225 e. The molecule has 0 fully saturated rings. The van der Waals surface area contributed by atoms with Crippen LogP contribution in [0.3, 0.4) is 0 Å². The van der Waals surface area contributed by atoms with Gasteiger partial charge in [-0.1, -0.05) is 5.57 Å². The number of pyridine rings is 1. The molecule has 2 heterocycles. The molecule has 0 bridgehead atoms. The number of hydrogen-bond acceptors (Lipinski definition) is 5. The van der Waals surface area contributed by atoms with Crippen LogP contribution in [-0.4, -0.2) is 65.5 Å². The molecule has 3 N–H and O–H groups in total. The van der Waals surface area contributed by atoms with Crippen molar-refractivity contribution in [2.75, 3.05) is 27.3 Å². The van der Waals surface area contributed by atoms with E-state index in [2.05, 4.69) is 42.8 Å². The van der Waals surface area contributed by atoms with Gasteiger partial charge in [0.2, 0.25) is 5.91 Å². The van der Waals surface area contributed by atoms with Crippen molar-refractivity contribution < 1.29 is 9.53 Å². The van der Waals surface area contributed by atoms with E-state index >= 15 is 0 Å². The minimum atomic E-state index is 0.00252. The lowest BCUT2D eigenvalue weighted by Crippen LogP contribution is -2.36. The topological polar surface area (TPSA) is 122 Å². The van der Waals surface area contributed by atoms with Gasteiger partial charge in [0.05, 0.1) is 30.9 Å². The van der Waals surface area contributed by atoms with Gasteiger partial charge in [-0.2, -0.15) is 5.10 Å². The predicted octanol–water partition coefficient (Wildman–Crippen LogP) is 3.27. The van der Waals surface area contributed by atoms with Gasteiger partial charge >= 0.3 is 0 Å². The molecule has 2 aliphatic carbocycles. The second-order valence-electron chi connectivity index (χ2n) is 7.94. The maximum atomic E-state index is 12.9. The van der Waals surface area contributed by atoms with Crippen LogP contribution in [-0.2, 0) is 9.53 Å². The SMILES string of the molecule is COCCN(C)C(=O)[C@H]1CCC2=C(CC(I)=C2C(N=CN)=Nc2cc3cn[nH]c3cn2)C1. The van der Waals surface area contributed by atoms with Crippen LogP contribution in [0.2, 0.25) is 0 Å². The van der Waals surface area contributed by atoms with E-state index in [9.17, 15) is 4.79 Å². The zero-order valence-corrected chi connectivity index (χ0v) is 20.3. The number of amides is 1. The molecule has 0 spiro atoms. The molecule has 4 rings (SSSR count). The van der Waals surface area contributed by atoms with E-state index in [1.165, 1.54) is 21.1 Å². The number of methoxy groups -OCH3 is 1. The highest BCUT2D eigenvalue weighted by Crippen LogP contribution is 2.46. The molecule has 2 aromatic rings. The number of fused-ring (bicyclic) bond motifs is 1. The summed E-state index contributed by atoms with van der Waals surface area (Å²) in [5.41, 5.74) is 10.1. The number of carbonyl (C=O) groups is 1. The van der Waals surface area contributed by atoms with Gasteiger partial charge in [0.1, 0.15) is 0 Å². The minimum Gasteiger partial charge on any atom is -0.390 e. The number of nitrogens with zero attached hydrogens (tertiary/aromatic N) is 5. The van der Waals surface area contributed by atoms with Crippen molar-refractivity contribution in [2.24, 2.45) is 21.6 Å². The molecule has 0 aliphatic heterocycles. The largest absolute Gasteiger partial charge is 0.390 e. The molecular weight excluding hydrogens is 521 g/mol. The Hall–Kier alpha value is -2.60. The van der Waals surface area contributed by atoms with E-state index in [1.807, 2.05) is 13.1 Å². The first-order valence-electron chi connectivity index (χ1n) is 10.5. The third kappa shape index (κ3) is 4.60. The summed E-state index contributed by atoms with van der Waals surface area (Å²) in [6.45, 7) is 1.15. The van der Waals surface area contributed by atoms with Crippen LogP contribution in [0.5, 0.6) is 0 Å². The summed E-state index contributed by atoms with van der Waals surface area (Å²) in [5, 5.41) is 7.85. The molecule has 9 nitrogen and oxygen atoms in total. The normalized spacial score (nSPS) is 19.3. The van der Waals surface area contributed by atoms with E-state index in [-0.39, 0.29) is 11.8 Å². The third-order valence-electron chi connectivity index (χ3n) is 5.91. The number of aromatic amines is 1. The maximum absolute atomic E-state index is 12.9. The lowest BCUT2D eigenvalue weighted by Gasteiger charge is -2.28. The van der Waals surface area contributed by atoms with Crippen LogP contribution in [0, 0.1) is 5.92 Å². The van der Waals surface area contributed by atoms with Crippen molar-refractivity contribution in [1.29, 1.82) is 0 Å². The fourth-order valence-electron chi connectivity index (χ4n) is 4.28. The number of nitrogens with two attached hydrogens (primary N) is 1. The van der Waals surface area contributed by atoms with Gasteiger partial charge in [-0.05, 0) is 53.5 Å². The molecule has 10 heteroatoms. The quantitative estimate of drug-likeness (QED) is 0.327. The van der Waals surface area contributed by atoms with Crippen LogP contribution >= 0.6 is 22.6 Å². The molecule has 168 valence electrons. The smallest absolute Gasteiger partial charge is 0.225 e. The van der Waals surface area contributed by atoms with Gasteiger partial charge in [-0.3, -0.25) is 9.89 Å². The van der Waals surface area contributed by atoms with Crippen LogP contribution in [0.1, 0.15) is 25.7 Å². The monoisotopic (exact) mass is 547 g/mol. The molecule has 0 unspecified atom stereocenters. The number of ether oxygens (including phenoxy) is 1. The van der Waals surface area contributed by atoms with Crippen molar-refractivity contribution in [3.8, 4) is 0 Å². The van der Waals surface area contributed by atoms with Crippen LogP contribution in [0.25, 0.3) is 10.9 Å². The number of carbonyl (C=O) groups excluding carboxylic acids is 1. The summed E-state index contributed by atoms with van der Waals surface area (Å²) < 4.78 is 6.28. The Bertz CT molecular complexity index is 1150. The number of nitrogens with one attached hydrogen (secondary N) is 1. The number of aromatic nitrogens is 3. The first-order chi connectivity index (χ1) is 15.5. The summed E-state index contributed by atoms with van der Waals surface area (Å²) in [6.07, 6.45) is 7.93. The molecule has 1 amide bonds. The molecule has 0 saturated heterocycles. The van der Waals surface area contributed by atoms with Gasteiger partial charge in [-0.15, -0.1) is 0 Å². The molecule has 0 saturated carbocycles. The van der Waals surface area contributed by atoms with Crippen LogP contribution < -0.4 is 5.73 Å². The Morgan fingerprint density at radius 3 is 3.09 bits per heavy atom. The van der Waals surface area contributed by atoms with Crippen molar-refractivity contribution in [1.82, 2.24) is 20.1 Å². The average molecular weight is 547 g/mol. The Morgan fingerprint density at radius 1 is 1.47 bits per heavy atom. The molecule has 32 heavy (non-hydrogen) atoms. The number of rotatable bonds is 6. The highest BCUT2D eigenvalue weighted by Gasteiger charge is 2.34. The van der Waals surface area contributed by atoms with E-state index < -0.39 is 0 Å². The van der Waals surface area contributed by atoms with Gasteiger partial charge in [0.25, 0.3) is 0 Å². The molecule has 2 aliphatic rings. The summed E-state index contributed by atoms with van der Waals surface area (Å²) in [4.78, 5) is 28.1. The number of amidine groups is 1. The molecule has 1 atom stereocenters. The summed E-state index contributed by atoms with van der Waals surface area (Å²) in [5.74, 6) is 1.29. The van der Waals surface area contributed by atoms with Crippen molar-refractivity contribution in [2.45, 2.75) is 25.7 Å². The molecule has 2 aromatic heterocycles. The highest BCUT2D eigenvalue weighted by molar-refractivity contribution is 14.1. The number of hydrogen-bond donors (Lipinski definition) is 2. The Morgan fingerprint density at radius 2 is 2.31 bits per heavy atom. The second-order valence-corrected chi connectivity index (χ2v) is 9.25. The van der Waals surface area contributed by atoms with Gasteiger partial charge in [-0.25, -0.2) is 15.0 Å². The Labute approximate surface area is 200 Å². The van der Waals surface area contributed by atoms with E-state index in [0.29, 0.717) is 24.8 Å². The minimum absolute atomic E-state index is 0.00252. The fraction of sp³-hybridized carbons (Fsp3) is 0.409. The second kappa shape index (κ2) is 9.90. The summed E-state index contributed by atoms with van der Waals surface area (Å²) in [7, 11) is 3.49. The van der Waals surface area contributed by atoms with Crippen molar-refractivity contribution >= 4 is 57.4 Å². The molecular formula is C22H26IN7O2. The van der Waals surface area contributed by atoms with E-state index in [4.69, 9.17) is 15.5 Å². The third-order valence-corrected chi connectivity index (χ3v) is 6.83.